The lowest BCUT2D eigenvalue weighted by Crippen LogP contribution is -2.14. The summed E-state index contributed by atoms with van der Waals surface area (Å²) in [6, 6.07) is 25.7. The number of pyridine rings is 1. The van der Waals surface area contributed by atoms with Crippen LogP contribution in [0.3, 0.4) is 0 Å². The molecular weight excluding hydrogens is 324 g/mol. The van der Waals surface area contributed by atoms with Gasteiger partial charge in [-0.25, -0.2) is 0 Å². The van der Waals surface area contributed by atoms with Crippen LogP contribution in [0, 0.1) is 0 Å². The van der Waals surface area contributed by atoms with Crippen LogP contribution < -0.4 is 4.90 Å². The Morgan fingerprint density at radius 2 is 1.52 bits per heavy atom. The molecule has 0 atom stereocenters. The molecule has 4 aromatic rings. The number of hydrogen-bond donors (Lipinski definition) is 0. The SMILES string of the molecule is CN1c2ccccc2Sc2cc(-c3cc4ccccc4cn3)ccc21. The molecule has 0 amide bonds. The lowest BCUT2D eigenvalue weighted by Gasteiger charge is -2.29. The minimum Gasteiger partial charge on any atom is -0.343 e. The van der Waals surface area contributed by atoms with Crippen LogP contribution in [-0.2, 0) is 0 Å². The van der Waals surface area contributed by atoms with Crippen molar-refractivity contribution in [1.82, 2.24) is 4.98 Å². The largest absolute Gasteiger partial charge is 0.343 e. The van der Waals surface area contributed by atoms with Crippen molar-refractivity contribution in [3.8, 4) is 11.3 Å². The molecule has 1 aliphatic rings. The average molecular weight is 340 g/mol. The van der Waals surface area contributed by atoms with Gasteiger partial charge in [0.2, 0.25) is 0 Å². The van der Waals surface area contributed by atoms with E-state index in [4.69, 9.17) is 0 Å². The van der Waals surface area contributed by atoms with Gasteiger partial charge in [0.1, 0.15) is 0 Å². The molecule has 1 aromatic heterocycles. The molecule has 0 fully saturated rings. The minimum atomic E-state index is 1.02. The summed E-state index contributed by atoms with van der Waals surface area (Å²) < 4.78 is 0. The second-order valence-corrected chi connectivity index (χ2v) is 7.31. The highest BCUT2D eigenvalue weighted by Crippen LogP contribution is 2.48. The van der Waals surface area contributed by atoms with Gasteiger partial charge in [-0.2, -0.15) is 0 Å². The number of hydrogen-bond acceptors (Lipinski definition) is 3. The molecule has 0 spiro atoms. The van der Waals surface area contributed by atoms with Gasteiger partial charge in [-0.05, 0) is 35.7 Å². The molecule has 1 aliphatic heterocycles. The van der Waals surface area contributed by atoms with Crippen molar-refractivity contribution in [2.75, 3.05) is 11.9 Å². The monoisotopic (exact) mass is 340 g/mol. The maximum atomic E-state index is 4.67. The molecule has 0 bridgehead atoms. The lowest BCUT2D eigenvalue weighted by molar-refractivity contribution is 1.11. The van der Waals surface area contributed by atoms with Crippen LogP contribution in [0.25, 0.3) is 22.0 Å². The Morgan fingerprint density at radius 1 is 0.760 bits per heavy atom. The van der Waals surface area contributed by atoms with Gasteiger partial charge < -0.3 is 4.90 Å². The number of aromatic nitrogens is 1. The Morgan fingerprint density at radius 3 is 2.44 bits per heavy atom. The Bertz CT molecular complexity index is 1100. The number of para-hydroxylation sites is 1. The molecule has 0 N–H and O–H groups in total. The van der Waals surface area contributed by atoms with E-state index >= 15 is 0 Å². The third kappa shape index (κ3) is 2.39. The number of benzene rings is 3. The Balaban J connectivity index is 1.61. The zero-order valence-electron chi connectivity index (χ0n) is 13.8. The Hall–Kier alpha value is -2.78. The van der Waals surface area contributed by atoms with E-state index in [1.807, 2.05) is 24.0 Å². The molecule has 25 heavy (non-hydrogen) atoms. The van der Waals surface area contributed by atoms with E-state index in [0.717, 1.165) is 11.3 Å². The summed E-state index contributed by atoms with van der Waals surface area (Å²) in [5, 5.41) is 2.40. The Kier molecular flexibility index (Phi) is 3.28. The average Bonchev–Trinajstić information content (AvgIpc) is 2.67. The summed E-state index contributed by atoms with van der Waals surface area (Å²) in [4.78, 5) is 9.49. The van der Waals surface area contributed by atoms with Crippen LogP contribution in [-0.4, -0.2) is 12.0 Å². The van der Waals surface area contributed by atoms with Crippen molar-refractivity contribution >= 4 is 33.9 Å². The van der Waals surface area contributed by atoms with Gasteiger partial charge in [0.25, 0.3) is 0 Å². The van der Waals surface area contributed by atoms with Gasteiger partial charge in [-0.3, -0.25) is 4.98 Å². The molecule has 2 heterocycles. The lowest BCUT2D eigenvalue weighted by atomic mass is 10.1. The highest BCUT2D eigenvalue weighted by atomic mass is 32.2. The molecule has 5 rings (SSSR count). The van der Waals surface area contributed by atoms with Gasteiger partial charge in [-0.1, -0.05) is 54.2 Å². The normalized spacial score (nSPS) is 12.8. The predicted octanol–water partition coefficient (Wildman–Crippen LogP) is 6.13. The fourth-order valence-electron chi connectivity index (χ4n) is 3.34. The number of rotatable bonds is 1. The zero-order chi connectivity index (χ0) is 16.8. The van der Waals surface area contributed by atoms with Crippen molar-refractivity contribution in [2.45, 2.75) is 9.79 Å². The van der Waals surface area contributed by atoms with Gasteiger partial charge in [0, 0.05) is 34.0 Å². The van der Waals surface area contributed by atoms with E-state index in [0.29, 0.717) is 0 Å². The van der Waals surface area contributed by atoms with E-state index in [2.05, 4.69) is 83.7 Å². The first-order valence-electron chi connectivity index (χ1n) is 8.29. The first-order valence-corrected chi connectivity index (χ1v) is 9.11. The number of fused-ring (bicyclic) bond motifs is 3. The van der Waals surface area contributed by atoms with Crippen LogP contribution in [0.4, 0.5) is 11.4 Å². The third-order valence-electron chi connectivity index (χ3n) is 4.69. The quantitative estimate of drug-likeness (QED) is 0.414. The summed E-state index contributed by atoms with van der Waals surface area (Å²) in [5.41, 5.74) is 4.68. The first-order chi connectivity index (χ1) is 12.3. The molecule has 0 radical (unpaired) electrons. The summed E-state index contributed by atoms with van der Waals surface area (Å²) in [7, 11) is 2.13. The first kappa shape index (κ1) is 14.6. The van der Waals surface area contributed by atoms with E-state index in [1.54, 1.807) is 0 Å². The molecule has 0 aliphatic carbocycles. The van der Waals surface area contributed by atoms with Crippen LogP contribution in [0.5, 0.6) is 0 Å². The summed E-state index contributed by atoms with van der Waals surface area (Å²) in [6.07, 6.45) is 1.96. The molecule has 0 unspecified atom stereocenters. The minimum absolute atomic E-state index is 1.02. The number of anilines is 2. The summed E-state index contributed by atoms with van der Waals surface area (Å²) in [5.74, 6) is 0. The van der Waals surface area contributed by atoms with E-state index in [-0.39, 0.29) is 0 Å². The van der Waals surface area contributed by atoms with Crippen molar-refractivity contribution < 1.29 is 0 Å². The van der Waals surface area contributed by atoms with Gasteiger partial charge in [-0.15, -0.1) is 0 Å². The second-order valence-electron chi connectivity index (χ2n) is 6.23. The smallest absolute Gasteiger partial charge is 0.0708 e. The van der Waals surface area contributed by atoms with E-state index < -0.39 is 0 Å². The predicted molar refractivity (Wildman–Crippen MR) is 106 cm³/mol. The number of nitrogens with zero attached hydrogens (tertiary/aromatic N) is 2. The molecule has 0 saturated carbocycles. The van der Waals surface area contributed by atoms with Crippen LogP contribution >= 0.6 is 11.8 Å². The molecule has 3 aromatic carbocycles. The van der Waals surface area contributed by atoms with E-state index in [1.165, 1.54) is 31.9 Å². The van der Waals surface area contributed by atoms with Crippen LogP contribution in [0.15, 0.2) is 88.8 Å². The van der Waals surface area contributed by atoms with Crippen molar-refractivity contribution in [3.63, 3.8) is 0 Å². The van der Waals surface area contributed by atoms with E-state index in [9.17, 15) is 0 Å². The highest BCUT2D eigenvalue weighted by molar-refractivity contribution is 7.99. The third-order valence-corrected chi connectivity index (χ3v) is 5.81. The molecular formula is C22H16N2S. The van der Waals surface area contributed by atoms with Crippen molar-refractivity contribution in [2.24, 2.45) is 0 Å². The Labute approximate surface area is 151 Å². The topological polar surface area (TPSA) is 16.1 Å². The van der Waals surface area contributed by atoms with Crippen molar-refractivity contribution in [3.05, 3.63) is 79.0 Å². The fraction of sp³-hybridized carbons (Fsp3) is 0.0455. The van der Waals surface area contributed by atoms with Crippen LogP contribution in [0.1, 0.15) is 0 Å². The molecule has 0 saturated heterocycles. The zero-order valence-corrected chi connectivity index (χ0v) is 14.6. The molecule has 120 valence electrons. The molecule has 3 heteroatoms. The maximum absolute atomic E-state index is 4.67. The standard InChI is InChI=1S/C22H16N2S/c1-24-19-8-4-5-9-21(19)25-22-13-16(10-11-20(22)24)18-12-15-6-2-3-7-17(15)14-23-18/h2-14H,1H3. The van der Waals surface area contributed by atoms with Gasteiger partial charge in [0.15, 0.2) is 0 Å². The highest BCUT2D eigenvalue weighted by Gasteiger charge is 2.20. The van der Waals surface area contributed by atoms with Gasteiger partial charge in [0.05, 0.1) is 17.1 Å². The summed E-state index contributed by atoms with van der Waals surface area (Å²) >= 11 is 1.83. The van der Waals surface area contributed by atoms with Crippen LogP contribution in [0.2, 0.25) is 0 Å². The van der Waals surface area contributed by atoms with Crippen molar-refractivity contribution in [1.29, 1.82) is 0 Å². The fourth-order valence-corrected chi connectivity index (χ4v) is 4.53. The second kappa shape index (κ2) is 5.64. The van der Waals surface area contributed by atoms with Gasteiger partial charge >= 0.3 is 0 Å². The summed E-state index contributed by atoms with van der Waals surface area (Å²) in [6.45, 7) is 0. The maximum Gasteiger partial charge on any atom is 0.0708 e. The molecule has 2 nitrogen and oxygen atoms in total.